The van der Waals surface area contributed by atoms with Gasteiger partial charge in [-0.05, 0) is 18.1 Å². The zero-order valence-corrected chi connectivity index (χ0v) is 14.0. The van der Waals surface area contributed by atoms with Crippen molar-refractivity contribution in [1.29, 1.82) is 0 Å². The molecule has 1 saturated heterocycles. The van der Waals surface area contributed by atoms with Gasteiger partial charge in [-0.2, -0.15) is 0 Å². The Kier molecular flexibility index (Phi) is 5.73. The maximum Gasteiger partial charge on any atom is 0.236 e. The standard InChI is InChI=1S/C19H22FN3O2/c20-18-10-21-8-6-16(18)11-22-12-17(24)13-23(19(25)14-22)9-7-15-4-2-1-3-5-15/h1-6,8,10,17,24H,7,9,11-14H2. The van der Waals surface area contributed by atoms with Gasteiger partial charge in [0.1, 0.15) is 5.82 Å². The molecule has 1 aliphatic heterocycles. The van der Waals surface area contributed by atoms with Crippen LogP contribution in [-0.4, -0.2) is 58.1 Å². The molecule has 2 aromatic rings. The van der Waals surface area contributed by atoms with Crippen LogP contribution in [0.1, 0.15) is 11.1 Å². The maximum atomic E-state index is 13.8. The highest BCUT2D eigenvalue weighted by Crippen LogP contribution is 2.13. The molecule has 0 saturated carbocycles. The summed E-state index contributed by atoms with van der Waals surface area (Å²) in [5.41, 5.74) is 1.64. The normalized spacial score (nSPS) is 19.0. The van der Waals surface area contributed by atoms with Crippen molar-refractivity contribution >= 4 is 5.91 Å². The van der Waals surface area contributed by atoms with Crippen molar-refractivity contribution in [3.63, 3.8) is 0 Å². The first-order valence-corrected chi connectivity index (χ1v) is 8.42. The molecule has 1 unspecified atom stereocenters. The molecule has 1 atom stereocenters. The van der Waals surface area contributed by atoms with E-state index in [1.165, 1.54) is 6.20 Å². The lowest BCUT2D eigenvalue weighted by atomic mass is 10.1. The molecule has 25 heavy (non-hydrogen) atoms. The highest BCUT2D eigenvalue weighted by molar-refractivity contribution is 5.78. The Morgan fingerprint density at radius 2 is 2.00 bits per heavy atom. The van der Waals surface area contributed by atoms with Crippen LogP contribution in [0, 0.1) is 5.82 Å². The van der Waals surface area contributed by atoms with E-state index < -0.39 is 11.9 Å². The fourth-order valence-corrected chi connectivity index (χ4v) is 3.09. The summed E-state index contributed by atoms with van der Waals surface area (Å²) in [5, 5.41) is 10.3. The SMILES string of the molecule is O=C1CN(Cc2ccncc2F)CC(O)CN1CCc1ccccc1. The molecule has 132 valence electrons. The van der Waals surface area contributed by atoms with Gasteiger partial charge in [-0.15, -0.1) is 0 Å². The van der Waals surface area contributed by atoms with Crippen molar-refractivity contribution in [1.82, 2.24) is 14.8 Å². The number of pyridine rings is 1. The minimum atomic E-state index is -0.646. The molecule has 1 N–H and O–H groups in total. The molecular weight excluding hydrogens is 321 g/mol. The number of β-amino-alcohol motifs (C(OH)–C–C–N with tert-alkyl or cyclic N) is 1. The molecule has 2 heterocycles. The largest absolute Gasteiger partial charge is 0.390 e. The van der Waals surface area contributed by atoms with E-state index in [9.17, 15) is 14.3 Å². The number of aliphatic hydroxyl groups is 1. The van der Waals surface area contributed by atoms with E-state index in [2.05, 4.69) is 4.98 Å². The van der Waals surface area contributed by atoms with Gasteiger partial charge in [0.25, 0.3) is 0 Å². The number of amides is 1. The molecule has 0 spiro atoms. The summed E-state index contributed by atoms with van der Waals surface area (Å²) in [6.07, 6.45) is 2.79. The monoisotopic (exact) mass is 343 g/mol. The summed E-state index contributed by atoms with van der Waals surface area (Å²) >= 11 is 0. The molecule has 1 aliphatic rings. The van der Waals surface area contributed by atoms with Crippen LogP contribution < -0.4 is 0 Å². The van der Waals surface area contributed by atoms with Gasteiger partial charge in [0, 0.05) is 37.9 Å². The molecule has 1 aromatic carbocycles. The number of halogens is 1. The number of carbonyl (C=O) groups excluding carboxylic acids is 1. The zero-order chi connectivity index (χ0) is 17.6. The first-order chi connectivity index (χ1) is 12.1. The highest BCUT2D eigenvalue weighted by Gasteiger charge is 2.26. The van der Waals surface area contributed by atoms with E-state index in [0.29, 0.717) is 25.2 Å². The molecule has 3 rings (SSSR count). The van der Waals surface area contributed by atoms with E-state index in [1.807, 2.05) is 30.3 Å². The minimum Gasteiger partial charge on any atom is -0.390 e. The van der Waals surface area contributed by atoms with E-state index in [4.69, 9.17) is 0 Å². The Bertz CT molecular complexity index is 711. The van der Waals surface area contributed by atoms with Crippen molar-refractivity contribution < 1.29 is 14.3 Å². The topological polar surface area (TPSA) is 56.7 Å². The third kappa shape index (κ3) is 4.84. The molecule has 6 heteroatoms. The molecule has 5 nitrogen and oxygen atoms in total. The van der Waals surface area contributed by atoms with Gasteiger partial charge in [-0.1, -0.05) is 30.3 Å². The average Bonchev–Trinajstić information content (AvgIpc) is 2.74. The van der Waals surface area contributed by atoms with Gasteiger partial charge < -0.3 is 10.0 Å². The fourth-order valence-electron chi connectivity index (χ4n) is 3.09. The number of hydrogen-bond donors (Lipinski definition) is 1. The van der Waals surface area contributed by atoms with Crippen LogP contribution in [0.4, 0.5) is 4.39 Å². The Morgan fingerprint density at radius 1 is 1.20 bits per heavy atom. The Labute approximate surface area is 146 Å². The lowest BCUT2D eigenvalue weighted by molar-refractivity contribution is -0.131. The second-order valence-corrected chi connectivity index (χ2v) is 6.37. The second-order valence-electron chi connectivity index (χ2n) is 6.37. The second kappa shape index (κ2) is 8.18. The summed E-state index contributed by atoms with van der Waals surface area (Å²) in [6.45, 7) is 1.67. The van der Waals surface area contributed by atoms with Crippen LogP contribution in [0.2, 0.25) is 0 Å². The van der Waals surface area contributed by atoms with Crippen LogP contribution in [0.3, 0.4) is 0 Å². The number of benzene rings is 1. The predicted molar refractivity (Wildman–Crippen MR) is 92.2 cm³/mol. The summed E-state index contributed by atoms with van der Waals surface area (Å²) in [5.74, 6) is -0.434. The van der Waals surface area contributed by atoms with Crippen LogP contribution in [-0.2, 0) is 17.8 Å². The summed E-state index contributed by atoms with van der Waals surface area (Å²) in [7, 11) is 0. The Morgan fingerprint density at radius 3 is 2.76 bits per heavy atom. The third-order valence-corrected chi connectivity index (χ3v) is 4.38. The average molecular weight is 343 g/mol. The van der Waals surface area contributed by atoms with Crippen LogP contribution in [0.25, 0.3) is 0 Å². The molecule has 1 aromatic heterocycles. The van der Waals surface area contributed by atoms with Gasteiger partial charge in [-0.25, -0.2) is 4.39 Å². The van der Waals surface area contributed by atoms with Crippen molar-refractivity contribution in [2.24, 2.45) is 0 Å². The first-order valence-electron chi connectivity index (χ1n) is 8.42. The van der Waals surface area contributed by atoms with Crippen LogP contribution in [0.15, 0.2) is 48.8 Å². The zero-order valence-electron chi connectivity index (χ0n) is 14.0. The Hall–Kier alpha value is -2.31. The van der Waals surface area contributed by atoms with Gasteiger partial charge in [0.2, 0.25) is 5.91 Å². The van der Waals surface area contributed by atoms with E-state index in [1.54, 1.807) is 15.9 Å². The van der Waals surface area contributed by atoms with E-state index >= 15 is 0 Å². The summed E-state index contributed by atoms with van der Waals surface area (Å²) in [4.78, 5) is 19.7. The first kappa shape index (κ1) is 17.5. The number of hydrogen-bond acceptors (Lipinski definition) is 4. The van der Waals surface area contributed by atoms with Gasteiger partial charge >= 0.3 is 0 Å². The smallest absolute Gasteiger partial charge is 0.236 e. The minimum absolute atomic E-state index is 0.0399. The molecule has 1 amide bonds. The van der Waals surface area contributed by atoms with E-state index in [0.717, 1.165) is 18.2 Å². The molecule has 1 fully saturated rings. The maximum absolute atomic E-state index is 13.8. The lowest BCUT2D eigenvalue weighted by Crippen LogP contribution is -2.38. The van der Waals surface area contributed by atoms with Gasteiger partial charge in [0.05, 0.1) is 18.8 Å². The number of rotatable bonds is 5. The van der Waals surface area contributed by atoms with Crippen molar-refractivity contribution in [3.05, 3.63) is 65.7 Å². The molecule has 0 aliphatic carbocycles. The summed E-state index contributed by atoms with van der Waals surface area (Å²) in [6, 6.07) is 11.6. The molecule has 0 radical (unpaired) electrons. The van der Waals surface area contributed by atoms with Gasteiger partial charge in [-0.3, -0.25) is 14.7 Å². The lowest BCUT2D eigenvalue weighted by Gasteiger charge is -2.22. The fraction of sp³-hybridized carbons (Fsp3) is 0.368. The quantitative estimate of drug-likeness (QED) is 0.893. The van der Waals surface area contributed by atoms with Crippen molar-refractivity contribution in [2.75, 3.05) is 26.2 Å². The van der Waals surface area contributed by atoms with Crippen molar-refractivity contribution in [3.8, 4) is 0 Å². The number of aromatic nitrogens is 1. The van der Waals surface area contributed by atoms with E-state index in [-0.39, 0.29) is 19.0 Å². The van der Waals surface area contributed by atoms with Crippen molar-refractivity contribution in [2.45, 2.75) is 19.1 Å². The Balaban J connectivity index is 1.62. The number of carbonyl (C=O) groups is 1. The van der Waals surface area contributed by atoms with Gasteiger partial charge in [0.15, 0.2) is 0 Å². The predicted octanol–water partition coefficient (Wildman–Crippen LogP) is 1.47. The van der Waals surface area contributed by atoms with Crippen LogP contribution >= 0.6 is 0 Å². The number of nitrogens with zero attached hydrogens (tertiary/aromatic N) is 3. The highest BCUT2D eigenvalue weighted by atomic mass is 19.1. The van der Waals surface area contributed by atoms with Crippen LogP contribution in [0.5, 0.6) is 0 Å². The molecule has 0 bridgehead atoms. The number of aliphatic hydroxyl groups excluding tert-OH is 1. The molecular formula is C19H22FN3O2. The third-order valence-electron chi connectivity index (χ3n) is 4.38. The summed E-state index contributed by atoms with van der Waals surface area (Å²) < 4.78 is 13.8.